The van der Waals surface area contributed by atoms with Crippen molar-refractivity contribution >= 4 is 20.7 Å². The maximum absolute atomic E-state index is 10.7. The number of carbonyl (C=O) groups is 1. The average Bonchev–Trinajstić information content (AvgIpc) is 2.23. The Bertz CT molecular complexity index is 379. The minimum atomic E-state index is -0.742. The SMILES string of the molecule is Cc1cccc([SiH2]C(CN)CC(=O)O)c1C. The lowest BCUT2D eigenvalue weighted by Crippen LogP contribution is -2.28. The molecule has 0 saturated heterocycles. The van der Waals surface area contributed by atoms with E-state index in [-0.39, 0.29) is 12.0 Å². The number of nitrogens with two attached hydrogens (primary N) is 1. The number of benzene rings is 1. The second kappa shape index (κ2) is 5.82. The summed E-state index contributed by atoms with van der Waals surface area (Å²) in [5, 5.41) is 10.1. The predicted molar refractivity (Wildman–Crippen MR) is 69.2 cm³/mol. The summed E-state index contributed by atoms with van der Waals surface area (Å²) < 4.78 is 0. The van der Waals surface area contributed by atoms with E-state index in [1.54, 1.807) is 0 Å². The number of rotatable bonds is 5. The van der Waals surface area contributed by atoms with Gasteiger partial charge in [0.05, 0.1) is 9.52 Å². The number of hydrogen-bond donors (Lipinski definition) is 2. The number of carboxylic acids is 1. The van der Waals surface area contributed by atoms with E-state index < -0.39 is 15.5 Å². The molecule has 4 heteroatoms. The molecular formula is C12H19NO2Si. The van der Waals surface area contributed by atoms with Crippen LogP contribution in [0.2, 0.25) is 5.54 Å². The maximum Gasteiger partial charge on any atom is 0.303 e. The second-order valence-electron chi connectivity index (χ2n) is 4.26. The molecule has 0 aromatic heterocycles. The molecule has 1 unspecified atom stereocenters. The van der Waals surface area contributed by atoms with Gasteiger partial charge in [-0.15, -0.1) is 0 Å². The van der Waals surface area contributed by atoms with E-state index in [2.05, 4.69) is 26.0 Å². The molecule has 0 aliphatic carbocycles. The first kappa shape index (κ1) is 12.9. The summed E-state index contributed by atoms with van der Waals surface area (Å²) in [5.41, 5.74) is 8.37. The smallest absolute Gasteiger partial charge is 0.303 e. The van der Waals surface area contributed by atoms with E-state index in [4.69, 9.17) is 10.8 Å². The molecule has 0 amide bonds. The van der Waals surface area contributed by atoms with Gasteiger partial charge in [-0.25, -0.2) is 0 Å². The molecule has 1 aromatic carbocycles. The highest BCUT2D eigenvalue weighted by atomic mass is 28.2. The summed E-state index contributed by atoms with van der Waals surface area (Å²) in [7, 11) is -0.596. The number of hydrogen-bond acceptors (Lipinski definition) is 2. The van der Waals surface area contributed by atoms with E-state index >= 15 is 0 Å². The third-order valence-corrected chi connectivity index (χ3v) is 5.43. The quantitative estimate of drug-likeness (QED) is 0.725. The van der Waals surface area contributed by atoms with Crippen molar-refractivity contribution in [2.45, 2.75) is 25.8 Å². The lowest BCUT2D eigenvalue weighted by atomic mass is 10.1. The fourth-order valence-corrected chi connectivity index (χ4v) is 3.87. The van der Waals surface area contributed by atoms with E-state index in [0.717, 1.165) is 0 Å². The standard InChI is InChI=1S/C12H19NO2Si/c1-8-4-3-5-11(9(8)2)16-10(7-13)6-12(14)15/h3-5,10H,6-7,13,16H2,1-2H3,(H,14,15). The van der Waals surface area contributed by atoms with Crippen LogP contribution in [-0.2, 0) is 4.79 Å². The van der Waals surface area contributed by atoms with Gasteiger partial charge in [-0.05, 0) is 37.1 Å². The zero-order valence-corrected chi connectivity index (χ0v) is 11.3. The van der Waals surface area contributed by atoms with Crippen molar-refractivity contribution in [3.8, 4) is 0 Å². The second-order valence-corrected chi connectivity index (χ2v) is 6.59. The molecule has 0 saturated carbocycles. The van der Waals surface area contributed by atoms with Crippen molar-refractivity contribution in [2.75, 3.05) is 6.54 Å². The van der Waals surface area contributed by atoms with Gasteiger partial charge in [0.25, 0.3) is 0 Å². The Labute approximate surface area is 98.5 Å². The van der Waals surface area contributed by atoms with Crippen LogP contribution in [0.3, 0.4) is 0 Å². The van der Waals surface area contributed by atoms with Crippen LogP contribution in [0.1, 0.15) is 17.5 Å². The number of carboxylic acid groups (broad SMARTS) is 1. The van der Waals surface area contributed by atoms with Crippen LogP contribution in [0.4, 0.5) is 0 Å². The molecule has 1 atom stereocenters. The summed E-state index contributed by atoms with van der Waals surface area (Å²) in [4.78, 5) is 10.7. The van der Waals surface area contributed by atoms with Gasteiger partial charge >= 0.3 is 5.97 Å². The molecule has 88 valence electrons. The Morgan fingerprint density at radius 1 is 1.50 bits per heavy atom. The summed E-state index contributed by atoms with van der Waals surface area (Å²) in [5.74, 6) is -0.742. The molecule has 3 nitrogen and oxygen atoms in total. The van der Waals surface area contributed by atoms with E-state index in [1.807, 2.05) is 6.07 Å². The third kappa shape index (κ3) is 3.47. The predicted octanol–water partition coefficient (Wildman–Crippen LogP) is 0.319. The molecule has 0 heterocycles. The van der Waals surface area contributed by atoms with Gasteiger partial charge in [0.2, 0.25) is 0 Å². The average molecular weight is 237 g/mol. The third-order valence-electron chi connectivity index (χ3n) is 3.02. The van der Waals surface area contributed by atoms with E-state index in [9.17, 15) is 4.79 Å². The van der Waals surface area contributed by atoms with Crippen molar-refractivity contribution in [3.63, 3.8) is 0 Å². The normalized spacial score (nSPS) is 13.2. The van der Waals surface area contributed by atoms with Crippen LogP contribution >= 0.6 is 0 Å². The van der Waals surface area contributed by atoms with E-state index in [1.165, 1.54) is 16.3 Å². The highest BCUT2D eigenvalue weighted by molar-refractivity contribution is 6.56. The highest BCUT2D eigenvalue weighted by Crippen LogP contribution is 2.09. The fraction of sp³-hybridized carbons (Fsp3) is 0.417. The van der Waals surface area contributed by atoms with Gasteiger partial charge in [0.1, 0.15) is 0 Å². The summed E-state index contributed by atoms with van der Waals surface area (Å²) >= 11 is 0. The summed E-state index contributed by atoms with van der Waals surface area (Å²) in [6, 6.07) is 6.24. The molecule has 3 N–H and O–H groups in total. The molecule has 1 aromatic rings. The van der Waals surface area contributed by atoms with Gasteiger partial charge in [0, 0.05) is 6.42 Å². The van der Waals surface area contributed by atoms with Crippen LogP contribution < -0.4 is 10.9 Å². The molecular weight excluding hydrogens is 218 g/mol. The van der Waals surface area contributed by atoms with Crippen molar-refractivity contribution in [2.24, 2.45) is 5.73 Å². The Hall–Kier alpha value is -1.13. The Balaban J connectivity index is 2.77. The maximum atomic E-state index is 10.7. The Kier molecular flexibility index (Phi) is 4.70. The van der Waals surface area contributed by atoms with E-state index in [0.29, 0.717) is 6.54 Å². The molecule has 0 aliphatic heterocycles. The Morgan fingerprint density at radius 2 is 2.19 bits per heavy atom. The number of aryl methyl sites for hydroxylation is 1. The van der Waals surface area contributed by atoms with Crippen LogP contribution in [0, 0.1) is 13.8 Å². The van der Waals surface area contributed by atoms with Gasteiger partial charge in [0.15, 0.2) is 0 Å². The highest BCUT2D eigenvalue weighted by Gasteiger charge is 2.14. The number of aliphatic carboxylic acids is 1. The van der Waals surface area contributed by atoms with Crippen LogP contribution in [0.5, 0.6) is 0 Å². The molecule has 0 aliphatic rings. The minimum Gasteiger partial charge on any atom is -0.481 e. The molecule has 1 rings (SSSR count). The molecule has 16 heavy (non-hydrogen) atoms. The molecule has 0 spiro atoms. The van der Waals surface area contributed by atoms with Gasteiger partial charge in [-0.2, -0.15) is 0 Å². The largest absolute Gasteiger partial charge is 0.481 e. The fourth-order valence-electron chi connectivity index (χ4n) is 1.83. The van der Waals surface area contributed by atoms with Crippen LogP contribution in [0.15, 0.2) is 18.2 Å². The van der Waals surface area contributed by atoms with Crippen molar-refractivity contribution in [1.29, 1.82) is 0 Å². The lowest BCUT2D eigenvalue weighted by Gasteiger charge is -2.14. The van der Waals surface area contributed by atoms with Crippen molar-refractivity contribution in [1.82, 2.24) is 0 Å². The van der Waals surface area contributed by atoms with Crippen molar-refractivity contribution in [3.05, 3.63) is 29.3 Å². The zero-order chi connectivity index (χ0) is 12.1. The molecule has 0 radical (unpaired) electrons. The first-order valence-corrected chi connectivity index (χ1v) is 7.04. The van der Waals surface area contributed by atoms with Crippen LogP contribution in [-0.4, -0.2) is 27.1 Å². The molecule has 0 fully saturated rings. The first-order valence-electron chi connectivity index (χ1n) is 5.51. The lowest BCUT2D eigenvalue weighted by molar-refractivity contribution is -0.137. The topological polar surface area (TPSA) is 63.3 Å². The Morgan fingerprint density at radius 3 is 2.75 bits per heavy atom. The van der Waals surface area contributed by atoms with Crippen molar-refractivity contribution < 1.29 is 9.90 Å². The summed E-state index contributed by atoms with van der Waals surface area (Å²) in [6.45, 7) is 4.67. The monoisotopic (exact) mass is 237 g/mol. The van der Waals surface area contributed by atoms with Gasteiger partial charge in [-0.1, -0.05) is 23.4 Å². The first-order chi connectivity index (χ1) is 7.54. The summed E-state index contributed by atoms with van der Waals surface area (Å²) in [6.07, 6.45) is 0.204. The van der Waals surface area contributed by atoms with Gasteiger partial charge in [-0.3, -0.25) is 4.79 Å². The molecule has 0 bridgehead atoms. The minimum absolute atomic E-state index is 0.165. The zero-order valence-electron chi connectivity index (χ0n) is 9.86. The van der Waals surface area contributed by atoms with Gasteiger partial charge < -0.3 is 10.8 Å². The van der Waals surface area contributed by atoms with Crippen LogP contribution in [0.25, 0.3) is 0 Å².